The standard InChI is InChI=1S/C16H32N2O3/c1-12(2)8-7-9-13(3)18-14(19)10-11-17-15(20)21-16(4,5)6/h12-13H,7-11H2,1-6H3,(H,17,20)(H,18,19). The van der Waals surface area contributed by atoms with Crippen LogP contribution in [0.3, 0.4) is 0 Å². The quantitative estimate of drug-likeness (QED) is 0.723. The summed E-state index contributed by atoms with van der Waals surface area (Å²) in [7, 11) is 0. The van der Waals surface area contributed by atoms with Gasteiger partial charge in [-0.1, -0.05) is 26.7 Å². The van der Waals surface area contributed by atoms with Gasteiger partial charge in [0.2, 0.25) is 5.91 Å². The van der Waals surface area contributed by atoms with Gasteiger partial charge in [0.1, 0.15) is 5.60 Å². The van der Waals surface area contributed by atoms with Crippen molar-refractivity contribution in [1.82, 2.24) is 10.6 Å². The summed E-state index contributed by atoms with van der Waals surface area (Å²) >= 11 is 0. The predicted octanol–water partition coefficient (Wildman–Crippen LogP) is 3.23. The van der Waals surface area contributed by atoms with Crippen molar-refractivity contribution >= 4 is 12.0 Å². The molecular formula is C16H32N2O3. The van der Waals surface area contributed by atoms with Crippen LogP contribution in [0.15, 0.2) is 0 Å². The SMILES string of the molecule is CC(C)CCCC(C)NC(=O)CCNC(=O)OC(C)(C)C. The monoisotopic (exact) mass is 300 g/mol. The fourth-order valence-corrected chi connectivity index (χ4v) is 1.84. The van der Waals surface area contributed by atoms with E-state index in [-0.39, 0.29) is 18.4 Å². The molecule has 2 amide bonds. The molecule has 0 saturated heterocycles. The summed E-state index contributed by atoms with van der Waals surface area (Å²) in [6.07, 6.45) is 3.08. The molecule has 0 aliphatic carbocycles. The summed E-state index contributed by atoms with van der Waals surface area (Å²) in [6.45, 7) is 12.1. The highest BCUT2D eigenvalue weighted by molar-refractivity contribution is 5.77. The van der Waals surface area contributed by atoms with Gasteiger partial charge in [0.25, 0.3) is 0 Å². The number of alkyl carbamates (subject to hydrolysis) is 1. The number of amides is 2. The molecule has 21 heavy (non-hydrogen) atoms. The molecule has 0 spiro atoms. The number of ether oxygens (including phenoxy) is 1. The van der Waals surface area contributed by atoms with Gasteiger partial charge >= 0.3 is 6.09 Å². The van der Waals surface area contributed by atoms with Crippen molar-refractivity contribution in [2.75, 3.05) is 6.54 Å². The summed E-state index contributed by atoms with van der Waals surface area (Å²) < 4.78 is 5.09. The van der Waals surface area contributed by atoms with Crippen LogP contribution in [0.25, 0.3) is 0 Å². The second-order valence-electron chi connectivity index (χ2n) is 6.97. The number of hydrogen-bond donors (Lipinski definition) is 2. The maximum absolute atomic E-state index is 11.7. The van der Waals surface area contributed by atoms with E-state index in [0.29, 0.717) is 12.5 Å². The fraction of sp³-hybridized carbons (Fsp3) is 0.875. The van der Waals surface area contributed by atoms with Crippen molar-refractivity contribution in [3.63, 3.8) is 0 Å². The first kappa shape index (κ1) is 19.7. The van der Waals surface area contributed by atoms with E-state index in [1.807, 2.05) is 6.92 Å². The molecule has 0 fully saturated rings. The van der Waals surface area contributed by atoms with E-state index >= 15 is 0 Å². The van der Waals surface area contributed by atoms with E-state index in [1.54, 1.807) is 20.8 Å². The Balaban J connectivity index is 3.73. The maximum atomic E-state index is 11.7. The zero-order valence-corrected chi connectivity index (χ0v) is 14.4. The number of hydrogen-bond acceptors (Lipinski definition) is 3. The van der Waals surface area contributed by atoms with Gasteiger partial charge in [-0.15, -0.1) is 0 Å². The molecule has 124 valence electrons. The van der Waals surface area contributed by atoms with Crippen LogP contribution in [0.5, 0.6) is 0 Å². The Labute approximate surface area is 129 Å². The molecule has 0 aromatic carbocycles. The Morgan fingerprint density at radius 1 is 1.10 bits per heavy atom. The number of nitrogens with one attached hydrogen (secondary N) is 2. The summed E-state index contributed by atoms with van der Waals surface area (Å²) in [6, 6.07) is 0.178. The molecule has 0 saturated carbocycles. The largest absolute Gasteiger partial charge is 0.444 e. The van der Waals surface area contributed by atoms with Crippen LogP contribution in [0.4, 0.5) is 4.79 Å². The molecule has 1 atom stereocenters. The van der Waals surface area contributed by atoms with E-state index in [4.69, 9.17) is 4.74 Å². The van der Waals surface area contributed by atoms with Crippen molar-refractivity contribution in [3.8, 4) is 0 Å². The van der Waals surface area contributed by atoms with Crippen LogP contribution in [0.1, 0.15) is 67.2 Å². The van der Waals surface area contributed by atoms with Crippen molar-refractivity contribution in [3.05, 3.63) is 0 Å². The molecule has 2 N–H and O–H groups in total. The van der Waals surface area contributed by atoms with Gasteiger partial charge in [-0.2, -0.15) is 0 Å². The Morgan fingerprint density at radius 3 is 2.24 bits per heavy atom. The number of rotatable bonds is 8. The lowest BCUT2D eigenvalue weighted by atomic mass is 10.0. The number of carbonyl (C=O) groups is 2. The van der Waals surface area contributed by atoms with Gasteiger partial charge in [-0.05, 0) is 40.0 Å². The third-order valence-corrected chi connectivity index (χ3v) is 2.85. The molecular weight excluding hydrogens is 268 g/mol. The fourth-order valence-electron chi connectivity index (χ4n) is 1.84. The lowest BCUT2D eigenvalue weighted by molar-refractivity contribution is -0.121. The van der Waals surface area contributed by atoms with Gasteiger partial charge < -0.3 is 15.4 Å². The summed E-state index contributed by atoms with van der Waals surface area (Å²) in [4.78, 5) is 23.1. The number of carbonyl (C=O) groups excluding carboxylic acids is 2. The molecule has 0 aliphatic heterocycles. The highest BCUT2D eigenvalue weighted by atomic mass is 16.6. The first-order chi connectivity index (χ1) is 9.60. The van der Waals surface area contributed by atoms with Crippen molar-refractivity contribution < 1.29 is 14.3 Å². The molecule has 1 unspecified atom stereocenters. The van der Waals surface area contributed by atoms with Crippen LogP contribution in [-0.4, -0.2) is 30.2 Å². The maximum Gasteiger partial charge on any atom is 0.407 e. The molecule has 5 heteroatoms. The molecule has 0 aliphatic rings. The molecule has 0 aromatic heterocycles. The molecule has 0 radical (unpaired) electrons. The second kappa shape index (κ2) is 9.64. The third-order valence-electron chi connectivity index (χ3n) is 2.85. The van der Waals surface area contributed by atoms with E-state index in [0.717, 1.165) is 12.8 Å². The average molecular weight is 300 g/mol. The lowest BCUT2D eigenvalue weighted by Crippen LogP contribution is -2.37. The highest BCUT2D eigenvalue weighted by Gasteiger charge is 2.16. The van der Waals surface area contributed by atoms with Crippen LogP contribution in [-0.2, 0) is 9.53 Å². The Bertz CT molecular complexity index is 322. The predicted molar refractivity (Wildman–Crippen MR) is 85.1 cm³/mol. The van der Waals surface area contributed by atoms with Gasteiger partial charge in [0, 0.05) is 19.0 Å². The van der Waals surface area contributed by atoms with Crippen LogP contribution >= 0.6 is 0 Å². The van der Waals surface area contributed by atoms with Gasteiger partial charge in [-0.25, -0.2) is 4.79 Å². The summed E-state index contributed by atoms with van der Waals surface area (Å²) in [5, 5.41) is 5.52. The first-order valence-corrected chi connectivity index (χ1v) is 7.86. The zero-order valence-electron chi connectivity index (χ0n) is 14.4. The van der Waals surface area contributed by atoms with Gasteiger partial charge in [0.15, 0.2) is 0 Å². The van der Waals surface area contributed by atoms with Gasteiger partial charge in [0.05, 0.1) is 0 Å². The van der Waals surface area contributed by atoms with Crippen LogP contribution in [0.2, 0.25) is 0 Å². The molecule has 0 aromatic rings. The normalized spacial score (nSPS) is 12.9. The molecule has 0 rings (SSSR count). The van der Waals surface area contributed by atoms with Crippen molar-refractivity contribution in [1.29, 1.82) is 0 Å². The van der Waals surface area contributed by atoms with E-state index in [2.05, 4.69) is 24.5 Å². The van der Waals surface area contributed by atoms with Crippen molar-refractivity contribution in [2.45, 2.75) is 78.9 Å². The molecule has 0 heterocycles. The second-order valence-corrected chi connectivity index (χ2v) is 6.97. The van der Waals surface area contributed by atoms with Crippen LogP contribution < -0.4 is 10.6 Å². The highest BCUT2D eigenvalue weighted by Crippen LogP contribution is 2.08. The van der Waals surface area contributed by atoms with Gasteiger partial charge in [-0.3, -0.25) is 4.79 Å². The Kier molecular flexibility index (Phi) is 9.06. The first-order valence-electron chi connectivity index (χ1n) is 7.86. The molecule has 5 nitrogen and oxygen atoms in total. The Morgan fingerprint density at radius 2 is 1.71 bits per heavy atom. The lowest BCUT2D eigenvalue weighted by Gasteiger charge is -2.19. The van der Waals surface area contributed by atoms with E-state index in [1.165, 1.54) is 6.42 Å². The minimum Gasteiger partial charge on any atom is -0.444 e. The Hall–Kier alpha value is -1.26. The minimum absolute atomic E-state index is 0.0388. The minimum atomic E-state index is -0.517. The van der Waals surface area contributed by atoms with Crippen molar-refractivity contribution in [2.24, 2.45) is 5.92 Å². The molecule has 0 bridgehead atoms. The smallest absolute Gasteiger partial charge is 0.407 e. The summed E-state index contributed by atoms with van der Waals surface area (Å²) in [5.74, 6) is 0.661. The van der Waals surface area contributed by atoms with Crippen LogP contribution in [0, 0.1) is 5.92 Å². The van der Waals surface area contributed by atoms with E-state index < -0.39 is 11.7 Å². The van der Waals surface area contributed by atoms with E-state index in [9.17, 15) is 9.59 Å². The third kappa shape index (κ3) is 13.5. The zero-order chi connectivity index (χ0) is 16.5. The topological polar surface area (TPSA) is 67.4 Å². The average Bonchev–Trinajstić information content (AvgIpc) is 2.25. The summed E-state index contributed by atoms with van der Waals surface area (Å²) in [5.41, 5.74) is -0.517.